The average molecular weight is 237 g/mol. The Balaban J connectivity index is 1.48. The van der Waals surface area contributed by atoms with Crippen molar-refractivity contribution in [3.8, 4) is 0 Å². The summed E-state index contributed by atoms with van der Waals surface area (Å²) in [5.74, 6) is 0.769. The van der Waals surface area contributed by atoms with E-state index in [1.54, 1.807) is 0 Å². The van der Waals surface area contributed by atoms with Crippen LogP contribution in [0.2, 0.25) is 0 Å². The Morgan fingerprint density at radius 3 is 2.35 bits per heavy atom. The maximum atomic E-state index is 12.0. The van der Waals surface area contributed by atoms with Gasteiger partial charge in [0.05, 0.1) is 5.92 Å². The maximum absolute atomic E-state index is 12.0. The molecule has 3 fully saturated rings. The van der Waals surface area contributed by atoms with Crippen LogP contribution in [0.4, 0.5) is 0 Å². The molecule has 1 amide bonds. The molecule has 0 saturated heterocycles. The minimum absolute atomic E-state index is 0.102. The Kier molecular flexibility index (Phi) is 2.60. The average Bonchev–Trinajstić information content (AvgIpc) is 2.72. The number of fused-ring (bicyclic) bond motifs is 1. The zero-order chi connectivity index (χ0) is 12.0. The molecule has 4 atom stereocenters. The van der Waals surface area contributed by atoms with Gasteiger partial charge in [-0.25, -0.2) is 0 Å². The Morgan fingerprint density at radius 2 is 1.76 bits per heavy atom. The predicted molar refractivity (Wildman–Crippen MR) is 61.2 cm³/mol. The van der Waals surface area contributed by atoms with Gasteiger partial charge in [-0.15, -0.1) is 0 Å². The van der Waals surface area contributed by atoms with Gasteiger partial charge in [0.1, 0.15) is 0 Å². The highest BCUT2D eigenvalue weighted by Gasteiger charge is 2.56. The first-order valence-electron chi connectivity index (χ1n) is 6.70. The van der Waals surface area contributed by atoms with Gasteiger partial charge in [-0.2, -0.15) is 0 Å². The van der Waals surface area contributed by atoms with E-state index in [9.17, 15) is 9.59 Å². The molecule has 3 aliphatic carbocycles. The molecule has 0 bridgehead atoms. The van der Waals surface area contributed by atoms with Crippen molar-refractivity contribution >= 4 is 11.9 Å². The number of rotatable bonds is 3. The van der Waals surface area contributed by atoms with E-state index in [0.717, 1.165) is 6.42 Å². The van der Waals surface area contributed by atoms with Crippen molar-refractivity contribution in [3.63, 3.8) is 0 Å². The molecule has 0 radical (unpaired) electrons. The Bertz CT molecular complexity index is 345. The van der Waals surface area contributed by atoms with Crippen LogP contribution < -0.4 is 5.32 Å². The summed E-state index contributed by atoms with van der Waals surface area (Å²) in [5.41, 5.74) is 0. The summed E-state index contributed by atoms with van der Waals surface area (Å²) in [4.78, 5) is 22.8. The first kappa shape index (κ1) is 11.1. The number of carbonyl (C=O) groups is 2. The van der Waals surface area contributed by atoms with Crippen LogP contribution in [-0.4, -0.2) is 23.0 Å². The van der Waals surface area contributed by atoms with Gasteiger partial charge in [-0.05, 0) is 43.9 Å². The molecular formula is C13H19NO3. The van der Waals surface area contributed by atoms with Crippen molar-refractivity contribution in [2.45, 2.75) is 44.6 Å². The van der Waals surface area contributed by atoms with Gasteiger partial charge in [0.25, 0.3) is 0 Å². The number of hydrogen-bond donors (Lipinski definition) is 2. The summed E-state index contributed by atoms with van der Waals surface area (Å²) in [7, 11) is 0. The van der Waals surface area contributed by atoms with Crippen molar-refractivity contribution in [3.05, 3.63) is 0 Å². The van der Waals surface area contributed by atoms with Crippen molar-refractivity contribution in [1.29, 1.82) is 0 Å². The minimum atomic E-state index is -0.718. The summed E-state index contributed by atoms with van der Waals surface area (Å²) < 4.78 is 0. The third kappa shape index (κ3) is 1.94. The number of aliphatic carboxylic acids is 1. The summed E-state index contributed by atoms with van der Waals surface area (Å²) in [6, 6.07) is 0.102. The molecular weight excluding hydrogens is 218 g/mol. The first-order valence-corrected chi connectivity index (χ1v) is 6.70. The highest BCUT2D eigenvalue weighted by Crippen LogP contribution is 2.57. The largest absolute Gasteiger partial charge is 0.481 e. The quantitative estimate of drug-likeness (QED) is 0.779. The first-order chi connectivity index (χ1) is 8.16. The van der Waals surface area contributed by atoms with E-state index in [0.29, 0.717) is 24.7 Å². The molecule has 0 aromatic heterocycles. The fraction of sp³-hybridized carbons (Fsp3) is 0.846. The van der Waals surface area contributed by atoms with Crippen molar-refractivity contribution in [1.82, 2.24) is 5.32 Å². The summed E-state index contributed by atoms with van der Waals surface area (Å²) in [6.07, 6.45) is 5.85. The van der Waals surface area contributed by atoms with E-state index in [1.807, 2.05) is 0 Å². The predicted octanol–water partition coefficient (Wildman–Crippen LogP) is 1.40. The molecule has 0 aromatic carbocycles. The van der Waals surface area contributed by atoms with Crippen LogP contribution in [0.5, 0.6) is 0 Å². The Morgan fingerprint density at radius 1 is 1.06 bits per heavy atom. The third-order valence-electron chi connectivity index (χ3n) is 4.84. The Hall–Kier alpha value is -1.06. The lowest BCUT2D eigenvalue weighted by Crippen LogP contribution is -2.35. The molecule has 4 unspecified atom stereocenters. The van der Waals surface area contributed by atoms with E-state index in [-0.39, 0.29) is 23.8 Å². The van der Waals surface area contributed by atoms with Crippen LogP contribution >= 0.6 is 0 Å². The lowest BCUT2D eigenvalue weighted by Gasteiger charge is -2.13. The SMILES string of the molecule is O=C(O)C1CCC(NC(=O)C2C3CCCC32)C1. The topological polar surface area (TPSA) is 66.4 Å². The van der Waals surface area contributed by atoms with Crippen LogP contribution in [-0.2, 0) is 9.59 Å². The minimum Gasteiger partial charge on any atom is -0.481 e. The van der Waals surface area contributed by atoms with E-state index >= 15 is 0 Å². The zero-order valence-corrected chi connectivity index (χ0v) is 9.89. The lowest BCUT2D eigenvalue weighted by atomic mass is 10.1. The summed E-state index contributed by atoms with van der Waals surface area (Å²) in [5, 5.41) is 12.0. The maximum Gasteiger partial charge on any atom is 0.306 e. The summed E-state index contributed by atoms with van der Waals surface area (Å²) in [6.45, 7) is 0. The second-order valence-corrected chi connectivity index (χ2v) is 5.84. The second-order valence-electron chi connectivity index (χ2n) is 5.84. The number of nitrogens with one attached hydrogen (secondary N) is 1. The molecule has 2 N–H and O–H groups in total. The van der Waals surface area contributed by atoms with Crippen LogP contribution in [0.1, 0.15) is 38.5 Å². The highest BCUT2D eigenvalue weighted by atomic mass is 16.4. The molecule has 0 aromatic rings. The van der Waals surface area contributed by atoms with E-state index in [2.05, 4.69) is 5.32 Å². The van der Waals surface area contributed by atoms with E-state index in [1.165, 1.54) is 19.3 Å². The second kappa shape index (κ2) is 4.00. The van der Waals surface area contributed by atoms with Gasteiger partial charge in [0.15, 0.2) is 0 Å². The van der Waals surface area contributed by atoms with Crippen LogP contribution in [0, 0.1) is 23.7 Å². The number of amides is 1. The van der Waals surface area contributed by atoms with Crippen LogP contribution in [0.15, 0.2) is 0 Å². The van der Waals surface area contributed by atoms with Crippen molar-refractivity contribution < 1.29 is 14.7 Å². The van der Waals surface area contributed by atoms with Gasteiger partial charge >= 0.3 is 5.97 Å². The zero-order valence-electron chi connectivity index (χ0n) is 9.89. The normalized spacial score (nSPS) is 43.2. The molecule has 3 saturated carbocycles. The summed E-state index contributed by atoms with van der Waals surface area (Å²) >= 11 is 0. The molecule has 4 nitrogen and oxygen atoms in total. The van der Waals surface area contributed by atoms with Crippen molar-refractivity contribution in [2.75, 3.05) is 0 Å². The third-order valence-corrected chi connectivity index (χ3v) is 4.84. The molecule has 0 spiro atoms. The molecule has 4 heteroatoms. The standard InChI is InChI=1S/C13H19NO3/c15-12(11-9-2-1-3-10(9)11)14-8-5-4-7(6-8)13(16)17/h7-11H,1-6H2,(H,14,15)(H,16,17). The molecule has 3 aliphatic rings. The molecule has 0 heterocycles. The van der Waals surface area contributed by atoms with Gasteiger partial charge < -0.3 is 10.4 Å². The molecule has 94 valence electrons. The molecule has 3 rings (SSSR count). The van der Waals surface area contributed by atoms with Crippen LogP contribution in [0.3, 0.4) is 0 Å². The smallest absolute Gasteiger partial charge is 0.306 e. The van der Waals surface area contributed by atoms with Gasteiger partial charge in [-0.3, -0.25) is 9.59 Å². The fourth-order valence-electron chi connectivity index (χ4n) is 3.84. The van der Waals surface area contributed by atoms with Gasteiger partial charge in [0, 0.05) is 12.0 Å². The van der Waals surface area contributed by atoms with Crippen molar-refractivity contribution in [2.24, 2.45) is 23.7 Å². The Labute approximate surface area is 101 Å². The molecule has 17 heavy (non-hydrogen) atoms. The number of carboxylic acid groups (broad SMARTS) is 1. The highest BCUT2D eigenvalue weighted by molar-refractivity contribution is 5.83. The fourth-order valence-corrected chi connectivity index (χ4v) is 3.84. The van der Waals surface area contributed by atoms with E-state index < -0.39 is 5.97 Å². The van der Waals surface area contributed by atoms with E-state index in [4.69, 9.17) is 5.11 Å². The number of carbonyl (C=O) groups excluding carboxylic acids is 1. The van der Waals surface area contributed by atoms with Crippen LogP contribution in [0.25, 0.3) is 0 Å². The van der Waals surface area contributed by atoms with Gasteiger partial charge in [0.2, 0.25) is 5.91 Å². The lowest BCUT2D eigenvalue weighted by molar-refractivity contribution is -0.141. The number of hydrogen-bond acceptors (Lipinski definition) is 2. The monoisotopic (exact) mass is 237 g/mol. The van der Waals surface area contributed by atoms with Gasteiger partial charge in [-0.1, -0.05) is 6.42 Å². The molecule has 0 aliphatic heterocycles. The number of carboxylic acids is 1.